The molecule has 5 rings (SSSR count). The van der Waals surface area contributed by atoms with Crippen molar-refractivity contribution in [2.24, 2.45) is 0 Å². The van der Waals surface area contributed by atoms with E-state index in [-0.39, 0.29) is 11.9 Å². The summed E-state index contributed by atoms with van der Waals surface area (Å²) in [4.78, 5) is 27.4. The van der Waals surface area contributed by atoms with Gasteiger partial charge >= 0.3 is 6.09 Å². The number of nitrogens with one attached hydrogen (secondary N) is 1. The minimum absolute atomic E-state index is 0.00154. The zero-order valence-corrected chi connectivity index (χ0v) is 18.8. The highest BCUT2D eigenvalue weighted by Crippen LogP contribution is 2.32. The number of carbonyl (C=O) groups excluding carboxylic acids is 1. The van der Waals surface area contributed by atoms with Gasteiger partial charge in [0.05, 0.1) is 6.20 Å². The smallest absolute Gasteiger partial charge is 0.407 e. The minimum Gasteiger partial charge on any atom is -0.465 e. The number of rotatable bonds is 4. The molecule has 1 aliphatic carbocycles. The Morgan fingerprint density at radius 2 is 1.94 bits per heavy atom. The Bertz CT molecular complexity index is 1240. The molecule has 0 unspecified atom stereocenters. The summed E-state index contributed by atoms with van der Waals surface area (Å²) in [7, 11) is 0. The molecule has 2 aromatic carbocycles. The number of anilines is 1. The molecule has 1 saturated heterocycles. The number of hydrogen-bond acceptors (Lipinski definition) is 5. The van der Waals surface area contributed by atoms with Crippen molar-refractivity contribution < 1.29 is 14.7 Å². The molecule has 1 aliphatic heterocycles. The van der Waals surface area contributed by atoms with Crippen LogP contribution in [0.5, 0.6) is 0 Å². The van der Waals surface area contributed by atoms with E-state index in [0.717, 1.165) is 46.1 Å². The normalized spacial score (nSPS) is 18.4. The second-order valence-electron chi connectivity index (χ2n) is 9.02. The first-order chi connectivity index (χ1) is 15.9. The van der Waals surface area contributed by atoms with E-state index in [0.29, 0.717) is 31.2 Å². The number of carbonyl (C=O) groups is 2. The first-order valence-electron chi connectivity index (χ1n) is 11.3. The molecule has 1 aromatic heterocycles. The summed E-state index contributed by atoms with van der Waals surface area (Å²) in [5.74, 6) is 0.744. The van der Waals surface area contributed by atoms with E-state index < -0.39 is 6.09 Å². The summed E-state index contributed by atoms with van der Waals surface area (Å²) in [5, 5.41) is 22.9. The number of nitrogens with zero attached hydrogens (tertiary/aromatic N) is 4. The van der Waals surface area contributed by atoms with Crippen LogP contribution in [-0.2, 0) is 0 Å². The number of aryl methyl sites for hydroxylation is 1. The second kappa shape index (κ2) is 8.35. The van der Waals surface area contributed by atoms with Crippen molar-refractivity contribution in [2.45, 2.75) is 38.8 Å². The Morgan fingerprint density at radius 1 is 1.12 bits per heavy atom. The maximum absolute atomic E-state index is 12.5. The predicted octanol–water partition coefficient (Wildman–Crippen LogP) is 3.69. The van der Waals surface area contributed by atoms with E-state index in [9.17, 15) is 14.7 Å². The molecule has 8 nitrogen and oxygen atoms in total. The lowest BCUT2D eigenvalue weighted by molar-refractivity contribution is 0.0951. The van der Waals surface area contributed by atoms with Crippen LogP contribution in [0.2, 0.25) is 0 Å². The third kappa shape index (κ3) is 4.20. The first kappa shape index (κ1) is 21.2. The lowest BCUT2D eigenvalue weighted by Gasteiger charge is -2.39. The average Bonchev–Trinajstić information content (AvgIpc) is 3.62. The number of benzene rings is 2. The van der Waals surface area contributed by atoms with E-state index in [1.807, 2.05) is 38.1 Å². The van der Waals surface area contributed by atoms with Gasteiger partial charge in [-0.1, -0.05) is 12.1 Å². The highest BCUT2D eigenvalue weighted by atomic mass is 16.4. The topological polar surface area (TPSA) is 98.7 Å². The fraction of sp³-hybridized carbons (Fsp3) is 0.360. The van der Waals surface area contributed by atoms with Crippen molar-refractivity contribution in [1.29, 1.82) is 0 Å². The zero-order chi connectivity index (χ0) is 23.1. The number of fused-ring (bicyclic) bond motifs is 1. The predicted molar refractivity (Wildman–Crippen MR) is 127 cm³/mol. The summed E-state index contributed by atoms with van der Waals surface area (Å²) in [5.41, 5.74) is 3.80. The van der Waals surface area contributed by atoms with E-state index in [1.54, 1.807) is 6.20 Å². The van der Waals surface area contributed by atoms with Crippen molar-refractivity contribution in [3.63, 3.8) is 0 Å². The molecule has 2 N–H and O–H groups in total. The van der Waals surface area contributed by atoms with Gasteiger partial charge in [-0.05, 0) is 67.6 Å². The van der Waals surface area contributed by atoms with Crippen molar-refractivity contribution in [2.75, 3.05) is 24.5 Å². The molecule has 1 atom stereocenters. The second-order valence-corrected chi connectivity index (χ2v) is 9.02. The molecule has 2 heterocycles. The first-order valence-corrected chi connectivity index (χ1v) is 11.3. The summed E-state index contributed by atoms with van der Waals surface area (Å²) >= 11 is 0. The van der Waals surface area contributed by atoms with Crippen LogP contribution in [0.3, 0.4) is 0 Å². The Hall–Kier alpha value is -3.68. The van der Waals surface area contributed by atoms with Crippen LogP contribution in [-0.4, -0.2) is 63.9 Å². The van der Waals surface area contributed by atoms with Gasteiger partial charge in [0.15, 0.2) is 5.82 Å². The van der Waals surface area contributed by atoms with Crippen LogP contribution in [0, 0.1) is 6.92 Å². The lowest BCUT2D eigenvalue weighted by atomic mass is 9.96. The SMILES string of the molecule is Cc1ccc(C(=O)NC2CC2)cc1-c1ccc2c(N3CCN(C(=O)O)C[C@@H]3C)nncc2c1. The number of piperazine rings is 1. The van der Waals surface area contributed by atoms with E-state index in [4.69, 9.17) is 0 Å². The van der Waals surface area contributed by atoms with E-state index in [1.165, 1.54) is 4.90 Å². The Balaban J connectivity index is 1.47. The van der Waals surface area contributed by atoms with Gasteiger partial charge in [0, 0.05) is 48.1 Å². The van der Waals surface area contributed by atoms with Gasteiger partial charge in [-0.25, -0.2) is 4.79 Å². The minimum atomic E-state index is -0.890. The van der Waals surface area contributed by atoms with Gasteiger partial charge in [0.25, 0.3) is 5.91 Å². The third-order valence-corrected chi connectivity index (χ3v) is 6.54. The van der Waals surface area contributed by atoms with Crippen LogP contribution in [0.25, 0.3) is 21.9 Å². The highest BCUT2D eigenvalue weighted by molar-refractivity contribution is 5.98. The van der Waals surface area contributed by atoms with E-state index >= 15 is 0 Å². The highest BCUT2D eigenvalue weighted by Gasteiger charge is 2.28. The number of carboxylic acid groups (broad SMARTS) is 1. The monoisotopic (exact) mass is 445 g/mol. The Labute approximate surface area is 192 Å². The summed E-state index contributed by atoms with van der Waals surface area (Å²) in [6.07, 6.45) is 2.98. The van der Waals surface area contributed by atoms with Crippen LogP contribution >= 0.6 is 0 Å². The van der Waals surface area contributed by atoms with Crippen molar-refractivity contribution in [3.05, 3.63) is 53.7 Å². The molecule has 8 heteroatoms. The van der Waals surface area contributed by atoms with Gasteiger partial charge in [0.2, 0.25) is 0 Å². The summed E-state index contributed by atoms with van der Waals surface area (Å²) < 4.78 is 0. The van der Waals surface area contributed by atoms with Gasteiger partial charge in [0.1, 0.15) is 0 Å². The van der Waals surface area contributed by atoms with Crippen molar-refractivity contribution in [1.82, 2.24) is 20.4 Å². The fourth-order valence-electron chi connectivity index (χ4n) is 4.47. The molecule has 0 bridgehead atoms. The largest absolute Gasteiger partial charge is 0.465 e. The molecule has 33 heavy (non-hydrogen) atoms. The standard InChI is InChI=1S/C25H27N5O3/c1-15-3-4-18(24(31)27-20-6-7-20)12-22(15)17-5-8-21-19(11-17)13-26-28-23(21)30-10-9-29(25(32)33)14-16(30)2/h3-5,8,11-13,16,20H,6-7,9-10,14H2,1-2H3,(H,27,31)(H,32,33)/t16-/m0/s1. The summed E-state index contributed by atoms with van der Waals surface area (Å²) in [6.45, 7) is 5.48. The molecular formula is C25H27N5O3. The van der Waals surface area contributed by atoms with Gasteiger partial charge in [-0.15, -0.1) is 5.10 Å². The average molecular weight is 446 g/mol. The summed E-state index contributed by atoms with van der Waals surface area (Å²) in [6, 6.07) is 12.3. The molecule has 0 radical (unpaired) electrons. The van der Waals surface area contributed by atoms with Gasteiger partial charge in [-0.3, -0.25) is 4.79 Å². The Kier molecular flexibility index (Phi) is 5.36. The quantitative estimate of drug-likeness (QED) is 0.636. The van der Waals surface area contributed by atoms with Gasteiger partial charge < -0.3 is 20.2 Å². The fourth-order valence-corrected chi connectivity index (χ4v) is 4.47. The number of aromatic nitrogens is 2. The number of amides is 2. The molecule has 2 amide bonds. The molecule has 2 aliphatic rings. The third-order valence-electron chi connectivity index (χ3n) is 6.54. The van der Waals surface area contributed by atoms with Crippen LogP contribution in [0.1, 0.15) is 35.7 Å². The number of hydrogen-bond donors (Lipinski definition) is 2. The molecule has 2 fully saturated rings. The van der Waals surface area contributed by atoms with Crippen molar-refractivity contribution >= 4 is 28.6 Å². The van der Waals surface area contributed by atoms with Crippen molar-refractivity contribution in [3.8, 4) is 11.1 Å². The lowest BCUT2D eigenvalue weighted by Crippen LogP contribution is -2.53. The van der Waals surface area contributed by atoms with Crippen LogP contribution < -0.4 is 10.2 Å². The molecule has 1 saturated carbocycles. The zero-order valence-electron chi connectivity index (χ0n) is 18.8. The van der Waals surface area contributed by atoms with Crippen LogP contribution in [0.15, 0.2) is 42.6 Å². The Morgan fingerprint density at radius 3 is 2.67 bits per heavy atom. The maximum atomic E-state index is 12.5. The van der Waals surface area contributed by atoms with Crippen LogP contribution in [0.4, 0.5) is 10.6 Å². The molecular weight excluding hydrogens is 418 g/mol. The van der Waals surface area contributed by atoms with Gasteiger partial charge in [-0.2, -0.15) is 5.10 Å². The maximum Gasteiger partial charge on any atom is 0.407 e. The molecule has 3 aromatic rings. The molecule has 0 spiro atoms. The van der Waals surface area contributed by atoms with E-state index in [2.05, 4.69) is 32.5 Å². The molecule has 170 valence electrons.